The summed E-state index contributed by atoms with van der Waals surface area (Å²) in [6.07, 6.45) is -3.67. The third-order valence-corrected chi connectivity index (χ3v) is 0. The Labute approximate surface area is 90.2 Å². The minimum atomic E-state index is -1.83. The van der Waals surface area contributed by atoms with E-state index < -0.39 is 12.3 Å². The molecule has 0 atom stereocenters. The van der Waals surface area contributed by atoms with Gasteiger partial charge in [-0.1, -0.05) is 0 Å². The molecule has 0 bridgehead atoms. The summed E-state index contributed by atoms with van der Waals surface area (Å²) in [6.45, 7) is 0. The summed E-state index contributed by atoms with van der Waals surface area (Å²) >= 11 is 0. The third kappa shape index (κ3) is 7370. The number of carboxylic acid groups (broad SMARTS) is 4. The maximum atomic E-state index is 8.56. The average Bonchev–Trinajstić information content (AvgIpc) is 1.66. The first kappa shape index (κ1) is 22.4. The molecule has 0 saturated heterocycles. The molecule has 0 aromatic rings. The molecule has 8 nitrogen and oxygen atoms in total. The van der Waals surface area contributed by atoms with Gasteiger partial charge in [0.25, 0.3) is 0 Å². The molecule has 0 aliphatic rings. The van der Waals surface area contributed by atoms with E-state index >= 15 is 0 Å². The normalized spacial score (nSPS) is 4.91. The van der Waals surface area contributed by atoms with Crippen molar-refractivity contribution in [2.45, 2.75) is 0 Å². The van der Waals surface area contributed by atoms with Crippen LogP contribution in [0.25, 0.3) is 0 Å². The summed E-state index contributed by atoms with van der Waals surface area (Å²) in [4.78, 5) is 17.1. The monoisotopic (exact) mass is 200 g/mol. The molecule has 0 aromatic heterocycles. The van der Waals surface area contributed by atoms with Gasteiger partial charge in [0.2, 0.25) is 0 Å². The summed E-state index contributed by atoms with van der Waals surface area (Å²) < 4.78 is 0. The second-order valence-corrected chi connectivity index (χ2v) is 0.565. The molecule has 0 saturated carbocycles. The predicted octanol–water partition coefficient (Wildman–Crippen LogP) is -0.454. The van der Waals surface area contributed by atoms with E-state index in [0.29, 0.717) is 0 Å². The molecule has 0 fully saturated rings. The first-order chi connectivity index (χ1) is 4.46. The standard InChI is InChI=1S/2CH2O3.Ca.H2O2.2H/c2*2-1(3)4;;1-2;;/h2*(H2,2,3,4);;1-2H;;. The molecule has 11 heavy (non-hydrogen) atoms. The van der Waals surface area contributed by atoms with Gasteiger partial charge in [0.1, 0.15) is 0 Å². The van der Waals surface area contributed by atoms with E-state index in [0.717, 1.165) is 0 Å². The van der Waals surface area contributed by atoms with Crippen LogP contribution in [0.1, 0.15) is 0 Å². The molecular formula is C2H8CaO8. The predicted molar refractivity (Wildman–Crippen MR) is 35.1 cm³/mol. The van der Waals surface area contributed by atoms with Crippen molar-refractivity contribution in [3.8, 4) is 0 Å². The van der Waals surface area contributed by atoms with E-state index in [4.69, 9.17) is 40.5 Å². The van der Waals surface area contributed by atoms with Crippen molar-refractivity contribution in [3.05, 3.63) is 0 Å². The molecule has 6 N–H and O–H groups in total. The number of carbonyl (C=O) groups is 2. The molecule has 66 valence electrons. The van der Waals surface area contributed by atoms with E-state index in [1.54, 1.807) is 0 Å². The number of hydrogen-bond acceptors (Lipinski definition) is 4. The summed E-state index contributed by atoms with van der Waals surface area (Å²) in [5.74, 6) is 0. The van der Waals surface area contributed by atoms with E-state index in [1.165, 1.54) is 0 Å². The molecular weight excluding hydrogens is 192 g/mol. The molecule has 0 aliphatic heterocycles. The van der Waals surface area contributed by atoms with Crippen molar-refractivity contribution >= 4 is 50.0 Å². The zero-order valence-electron chi connectivity index (χ0n) is 4.50. The van der Waals surface area contributed by atoms with Crippen molar-refractivity contribution in [3.63, 3.8) is 0 Å². The Morgan fingerprint density at radius 3 is 0.727 bits per heavy atom. The van der Waals surface area contributed by atoms with E-state index in [2.05, 4.69) is 0 Å². The molecule has 9 heteroatoms. The van der Waals surface area contributed by atoms with E-state index in [9.17, 15) is 0 Å². The van der Waals surface area contributed by atoms with Crippen LogP contribution in [0.4, 0.5) is 9.59 Å². The zero-order chi connectivity index (χ0) is 9.15. The Morgan fingerprint density at radius 1 is 0.727 bits per heavy atom. The average molecular weight is 200 g/mol. The third-order valence-electron chi connectivity index (χ3n) is 0. The van der Waals surface area contributed by atoms with Gasteiger partial charge in [-0.3, -0.25) is 10.5 Å². The molecule has 0 spiro atoms. The van der Waals surface area contributed by atoms with Crippen molar-refractivity contribution in [2.75, 3.05) is 0 Å². The Balaban J connectivity index is -0.0000000339. The van der Waals surface area contributed by atoms with Gasteiger partial charge in [-0.25, -0.2) is 9.59 Å². The fraction of sp³-hybridized carbons (Fsp3) is 0. The summed E-state index contributed by atoms with van der Waals surface area (Å²) in [5, 5.41) is 39.9. The quantitative estimate of drug-likeness (QED) is 0.174. The Morgan fingerprint density at radius 2 is 0.727 bits per heavy atom. The molecule has 0 radical (unpaired) electrons. The van der Waals surface area contributed by atoms with Crippen LogP contribution in [0.5, 0.6) is 0 Å². The molecule has 0 heterocycles. The van der Waals surface area contributed by atoms with Crippen molar-refractivity contribution < 1.29 is 40.5 Å². The first-order valence-electron chi connectivity index (χ1n) is 1.50. The van der Waals surface area contributed by atoms with Gasteiger partial charge in [-0.2, -0.15) is 0 Å². The van der Waals surface area contributed by atoms with Gasteiger partial charge < -0.3 is 20.4 Å². The van der Waals surface area contributed by atoms with Gasteiger partial charge in [0.15, 0.2) is 0 Å². The Bertz CT molecular complexity index is 70.1. The van der Waals surface area contributed by atoms with Crippen LogP contribution in [-0.4, -0.2) is 81.0 Å². The maximum absolute atomic E-state index is 8.56. The van der Waals surface area contributed by atoms with Crippen molar-refractivity contribution in [1.82, 2.24) is 0 Å². The first-order valence-corrected chi connectivity index (χ1v) is 1.50. The van der Waals surface area contributed by atoms with Gasteiger partial charge in [-0.15, -0.1) is 0 Å². The molecule has 0 amide bonds. The van der Waals surface area contributed by atoms with Crippen LogP contribution >= 0.6 is 0 Å². The van der Waals surface area contributed by atoms with Gasteiger partial charge >= 0.3 is 50.0 Å². The molecule has 0 aliphatic carbocycles. The summed E-state index contributed by atoms with van der Waals surface area (Å²) in [6, 6.07) is 0. The Kier molecular flexibility index (Phi) is 46.1. The van der Waals surface area contributed by atoms with Crippen LogP contribution in [-0.2, 0) is 0 Å². The van der Waals surface area contributed by atoms with E-state index in [-0.39, 0.29) is 37.7 Å². The van der Waals surface area contributed by atoms with Crippen LogP contribution < -0.4 is 0 Å². The number of hydrogen-bond donors (Lipinski definition) is 6. The number of rotatable bonds is 0. The topological polar surface area (TPSA) is 156 Å². The molecule has 0 unspecified atom stereocenters. The van der Waals surface area contributed by atoms with Gasteiger partial charge in [-0.05, 0) is 0 Å². The van der Waals surface area contributed by atoms with Crippen LogP contribution in [0.2, 0.25) is 0 Å². The van der Waals surface area contributed by atoms with E-state index in [1.807, 2.05) is 0 Å². The van der Waals surface area contributed by atoms with Crippen LogP contribution in [0, 0.1) is 0 Å². The summed E-state index contributed by atoms with van der Waals surface area (Å²) in [7, 11) is 0. The fourth-order valence-electron chi connectivity index (χ4n) is 0. The van der Waals surface area contributed by atoms with Crippen molar-refractivity contribution in [2.24, 2.45) is 0 Å². The minimum absolute atomic E-state index is 0. The fourth-order valence-corrected chi connectivity index (χ4v) is 0. The Hall–Kier alpha value is -0.280. The van der Waals surface area contributed by atoms with Gasteiger partial charge in [0, 0.05) is 0 Å². The van der Waals surface area contributed by atoms with Crippen LogP contribution in [0.3, 0.4) is 0 Å². The van der Waals surface area contributed by atoms with Gasteiger partial charge in [0.05, 0.1) is 0 Å². The van der Waals surface area contributed by atoms with Crippen molar-refractivity contribution in [1.29, 1.82) is 0 Å². The molecule has 0 aromatic carbocycles. The SMILES string of the molecule is O=C(O)O.O=C(O)O.OO.[CaH2]. The second-order valence-electron chi connectivity index (χ2n) is 0.565. The second kappa shape index (κ2) is 22.6. The molecule has 0 rings (SSSR count). The van der Waals surface area contributed by atoms with Crippen LogP contribution in [0.15, 0.2) is 0 Å². The summed E-state index contributed by atoms with van der Waals surface area (Å²) in [5.41, 5.74) is 0. The zero-order valence-corrected chi connectivity index (χ0v) is 4.50.